The van der Waals surface area contributed by atoms with E-state index in [-0.39, 0.29) is 11.9 Å². The molecule has 0 bridgehead atoms. The fraction of sp³-hybridized carbons (Fsp3) is 0.350. The number of amides is 1. The predicted molar refractivity (Wildman–Crippen MR) is 102 cm³/mol. The van der Waals surface area contributed by atoms with E-state index in [1.807, 2.05) is 30.3 Å². The Bertz CT molecular complexity index is 1020. The number of hydrogen-bond acceptors (Lipinski definition) is 4. The SMILES string of the molecule is COc1c(C(=O)N2CCC(n3ccc(C(F)(F)F)n3)CC2)cnn1-c1ccccc1. The van der Waals surface area contributed by atoms with Crippen molar-refractivity contribution in [3.63, 3.8) is 0 Å². The molecule has 0 spiro atoms. The Morgan fingerprint density at radius 3 is 2.43 bits per heavy atom. The lowest BCUT2D eigenvalue weighted by Gasteiger charge is -2.32. The van der Waals surface area contributed by atoms with E-state index in [9.17, 15) is 18.0 Å². The number of aromatic nitrogens is 4. The van der Waals surface area contributed by atoms with Gasteiger partial charge in [0.2, 0.25) is 5.88 Å². The Morgan fingerprint density at radius 1 is 1.13 bits per heavy atom. The Morgan fingerprint density at radius 2 is 1.83 bits per heavy atom. The minimum Gasteiger partial charge on any atom is -0.480 e. The first-order chi connectivity index (χ1) is 14.4. The van der Waals surface area contributed by atoms with Gasteiger partial charge in [-0.2, -0.15) is 23.4 Å². The summed E-state index contributed by atoms with van der Waals surface area (Å²) < 4.78 is 46.7. The lowest BCUT2D eigenvalue weighted by atomic mass is 10.0. The summed E-state index contributed by atoms with van der Waals surface area (Å²) in [5, 5.41) is 7.94. The monoisotopic (exact) mass is 419 g/mol. The number of carbonyl (C=O) groups excluding carboxylic acids is 1. The number of alkyl halides is 3. The van der Waals surface area contributed by atoms with E-state index >= 15 is 0 Å². The van der Waals surface area contributed by atoms with Crippen LogP contribution >= 0.6 is 0 Å². The van der Waals surface area contributed by atoms with Crippen molar-refractivity contribution in [2.75, 3.05) is 20.2 Å². The molecular weight excluding hydrogens is 399 g/mol. The van der Waals surface area contributed by atoms with Gasteiger partial charge in [0.05, 0.1) is 25.0 Å². The summed E-state index contributed by atoms with van der Waals surface area (Å²) in [5.74, 6) is 0.124. The fourth-order valence-corrected chi connectivity index (χ4v) is 3.63. The summed E-state index contributed by atoms with van der Waals surface area (Å²) in [4.78, 5) is 14.7. The summed E-state index contributed by atoms with van der Waals surface area (Å²) in [6.07, 6.45) is -0.613. The lowest BCUT2D eigenvalue weighted by molar-refractivity contribution is -0.141. The first-order valence-electron chi connectivity index (χ1n) is 9.47. The summed E-state index contributed by atoms with van der Waals surface area (Å²) in [5.41, 5.74) is 0.212. The molecule has 3 aromatic rings. The maximum atomic E-state index is 13.0. The molecular formula is C20H20F3N5O2. The standard InChI is InChI=1S/C20H20F3N5O2/c1-30-19-16(13-24-28(19)15-5-3-2-4-6-15)18(29)26-10-7-14(8-11-26)27-12-9-17(25-27)20(21,22)23/h2-6,9,12-14H,7-8,10-11H2,1H3. The first-order valence-corrected chi connectivity index (χ1v) is 9.47. The van der Waals surface area contributed by atoms with Gasteiger partial charge in [-0.05, 0) is 31.0 Å². The van der Waals surface area contributed by atoms with Crippen molar-refractivity contribution in [1.29, 1.82) is 0 Å². The third kappa shape index (κ3) is 3.77. The smallest absolute Gasteiger partial charge is 0.435 e. The van der Waals surface area contributed by atoms with Crippen molar-refractivity contribution in [3.05, 3.63) is 60.0 Å². The van der Waals surface area contributed by atoms with Crippen LogP contribution in [0, 0.1) is 0 Å². The number of piperidine rings is 1. The second-order valence-corrected chi connectivity index (χ2v) is 7.02. The molecule has 1 fully saturated rings. The van der Waals surface area contributed by atoms with Crippen molar-refractivity contribution in [2.45, 2.75) is 25.1 Å². The molecule has 0 N–H and O–H groups in total. The second-order valence-electron chi connectivity index (χ2n) is 7.02. The Balaban J connectivity index is 1.46. The molecule has 30 heavy (non-hydrogen) atoms. The zero-order valence-corrected chi connectivity index (χ0v) is 16.2. The summed E-state index contributed by atoms with van der Waals surface area (Å²) in [7, 11) is 1.48. The number of para-hydroxylation sites is 1. The van der Waals surface area contributed by atoms with Crippen molar-refractivity contribution in [3.8, 4) is 11.6 Å². The fourth-order valence-electron chi connectivity index (χ4n) is 3.63. The van der Waals surface area contributed by atoms with Crippen LogP contribution in [0.4, 0.5) is 13.2 Å². The van der Waals surface area contributed by atoms with Gasteiger partial charge < -0.3 is 9.64 Å². The molecule has 0 atom stereocenters. The molecule has 1 aliphatic rings. The minimum absolute atomic E-state index is 0.181. The van der Waals surface area contributed by atoms with Crippen LogP contribution in [0.2, 0.25) is 0 Å². The van der Waals surface area contributed by atoms with Gasteiger partial charge in [0.15, 0.2) is 5.69 Å². The number of benzene rings is 1. The van der Waals surface area contributed by atoms with E-state index in [4.69, 9.17) is 4.74 Å². The molecule has 10 heteroatoms. The summed E-state index contributed by atoms with van der Waals surface area (Å²) >= 11 is 0. The van der Waals surface area contributed by atoms with Crippen molar-refractivity contribution in [2.24, 2.45) is 0 Å². The molecule has 0 radical (unpaired) electrons. The molecule has 158 valence electrons. The molecule has 1 saturated heterocycles. The third-order valence-electron chi connectivity index (χ3n) is 5.17. The molecule has 7 nitrogen and oxygen atoms in total. The van der Waals surface area contributed by atoms with E-state index < -0.39 is 11.9 Å². The largest absolute Gasteiger partial charge is 0.480 e. The normalized spacial score (nSPS) is 15.4. The van der Waals surface area contributed by atoms with Crippen molar-refractivity contribution < 1.29 is 22.7 Å². The summed E-state index contributed by atoms with van der Waals surface area (Å²) in [6, 6.07) is 10.1. The van der Waals surface area contributed by atoms with E-state index in [0.29, 0.717) is 37.4 Å². The van der Waals surface area contributed by atoms with Crippen LogP contribution in [0.15, 0.2) is 48.8 Å². The van der Waals surface area contributed by atoms with Gasteiger partial charge in [0, 0.05) is 19.3 Å². The van der Waals surface area contributed by atoms with Gasteiger partial charge in [0.1, 0.15) is 5.56 Å². The van der Waals surface area contributed by atoms with Gasteiger partial charge in [-0.15, -0.1) is 0 Å². The Kier molecular flexibility index (Phi) is 5.23. The van der Waals surface area contributed by atoms with Crippen LogP contribution < -0.4 is 4.74 Å². The average molecular weight is 419 g/mol. The van der Waals surface area contributed by atoms with E-state index in [0.717, 1.165) is 11.8 Å². The first kappa shape index (κ1) is 20.0. The van der Waals surface area contributed by atoms with Crippen LogP contribution in [0.5, 0.6) is 5.88 Å². The molecule has 1 aromatic carbocycles. The minimum atomic E-state index is -4.46. The van der Waals surface area contributed by atoms with Gasteiger partial charge in [-0.3, -0.25) is 9.48 Å². The highest BCUT2D eigenvalue weighted by Gasteiger charge is 2.35. The maximum Gasteiger partial charge on any atom is 0.435 e. The molecule has 4 rings (SSSR count). The van der Waals surface area contributed by atoms with Crippen LogP contribution in [0.25, 0.3) is 5.69 Å². The molecule has 0 aliphatic carbocycles. The average Bonchev–Trinajstić information content (AvgIpc) is 3.41. The lowest BCUT2D eigenvalue weighted by Crippen LogP contribution is -2.39. The van der Waals surface area contributed by atoms with Crippen LogP contribution in [-0.2, 0) is 6.18 Å². The van der Waals surface area contributed by atoms with Crippen LogP contribution in [-0.4, -0.2) is 50.6 Å². The van der Waals surface area contributed by atoms with Gasteiger partial charge in [0.25, 0.3) is 5.91 Å². The zero-order valence-electron chi connectivity index (χ0n) is 16.2. The number of hydrogen-bond donors (Lipinski definition) is 0. The number of carbonyl (C=O) groups is 1. The number of halogens is 3. The van der Waals surface area contributed by atoms with Crippen molar-refractivity contribution >= 4 is 5.91 Å². The Hall–Kier alpha value is -3.30. The van der Waals surface area contributed by atoms with Gasteiger partial charge >= 0.3 is 6.18 Å². The quantitative estimate of drug-likeness (QED) is 0.649. The van der Waals surface area contributed by atoms with Gasteiger partial charge in [-0.25, -0.2) is 4.68 Å². The van der Waals surface area contributed by atoms with E-state index in [1.54, 1.807) is 9.58 Å². The maximum absolute atomic E-state index is 13.0. The number of likely N-dealkylation sites (tertiary alicyclic amines) is 1. The third-order valence-corrected chi connectivity index (χ3v) is 5.17. The zero-order chi connectivity index (χ0) is 21.3. The number of ether oxygens (including phenoxy) is 1. The topological polar surface area (TPSA) is 65.2 Å². The Labute approximate surface area is 170 Å². The van der Waals surface area contributed by atoms with Crippen LogP contribution in [0.1, 0.15) is 34.9 Å². The highest BCUT2D eigenvalue weighted by Crippen LogP contribution is 2.30. The number of nitrogens with zero attached hydrogens (tertiary/aromatic N) is 5. The van der Waals surface area contributed by atoms with Gasteiger partial charge in [-0.1, -0.05) is 18.2 Å². The van der Waals surface area contributed by atoms with Crippen LogP contribution in [0.3, 0.4) is 0 Å². The predicted octanol–water partition coefficient (Wildman–Crippen LogP) is 3.57. The number of rotatable bonds is 4. The summed E-state index contributed by atoms with van der Waals surface area (Å²) in [6.45, 7) is 0.814. The molecule has 1 amide bonds. The molecule has 0 saturated carbocycles. The van der Waals surface area contributed by atoms with Crippen molar-refractivity contribution in [1.82, 2.24) is 24.5 Å². The molecule has 3 heterocycles. The van der Waals surface area contributed by atoms with E-state index in [2.05, 4.69) is 10.2 Å². The highest BCUT2D eigenvalue weighted by molar-refractivity contribution is 5.96. The highest BCUT2D eigenvalue weighted by atomic mass is 19.4. The second kappa shape index (κ2) is 7.85. The molecule has 2 aromatic heterocycles. The molecule has 1 aliphatic heterocycles. The molecule has 0 unspecified atom stereocenters. The van der Waals surface area contributed by atoms with E-state index in [1.165, 1.54) is 24.2 Å². The number of methoxy groups -OCH3 is 1.